The summed E-state index contributed by atoms with van der Waals surface area (Å²) in [4.78, 5) is 43.3. The molecule has 0 aliphatic rings. The number of imidazole rings is 1. The lowest BCUT2D eigenvalue weighted by Crippen LogP contribution is -2.37. The first kappa shape index (κ1) is 21.6. The van der Waals surface area contributed by atoms with Crippen LogP contribution in [-0.4, -0.2) is 28.2 Å². The van der Waals surface area contributed by atoms with Crippen molar-refractivity contribution in [3.63, 3.8) is 0 Å². The van der Waals surface area contributed by atoms with E-state index in [1.165, 1.54) is 27.6 Å². The van der Waals surface area contributed by atoms with Crippen molar-refractivity contribution in [2.24, 2.45) is 14.1 Å². The zero-order valence-corrected chi connectivity index (χ0v) is 18.5. The molecule has 0 amide bonds. The number of aromatic hydroxyl groups is 1. The first-order chi connectivity index (χ1) is 15.4. The van der Waals surface area contributed by atoms with E-state index in [1.54, 1.807) is 0 Å². The Labute approximate surface area is 183 Å². The van der Waals surface area contributed by atoms with Crippen LogP contribution in [0.3, 0.4) is 0 Å². The summed E-state index contributed by atoms with van der Waals surface area (Å²) >= 11 is 0. The van der Waals surface area contributed by atoms with E-state index in [4.69, 9.17) is 0 Å². The summed E-state index contributed by atoms with van der Waals surface area (Å²) in [6.07, 6.45) is 4.17. The lowest BCUT2D eigenvalue weighted by molar-refractivity contribution is 0.432. The van der Waals surface area contributed by atoms with Crippen molar-refractivity contribution < 1.29 is 5.11 Å². The number of aryl methyl sites for hydroxylation is 1. The predicted molar refractivity (Wildman–Crippen MR) is 122 cm³/mol. The number of hydrogen-bond acceptors (Lipinski definition) is 5. The average Bonchev–Trinajstić information content (AvgIpc) is 3.20. The second kappa shape index (κ2) is 8.49. The Morgan fingerprint density at radius 3 is 2.34 bits per heavy atom. The lowest BCUT2D eigenvalue weighted by Gasteiger charge is -2.13. The number of rotatable bonds is 7. The molecule has 9 nitrogen and oxygen atoms in total. The highest BCUT2D eigenvalue weighted by Crippen LogP contribution is 2.23. The van der Waals surface area contributed by atoms with E-state index in [0.29, 0.717) is 6.42 Å². The Morgan fingerprint density at radius 1 is 0.938 bits per heavy atom. The maximum absolute atomic E-state index is 13.5. The molecule has 4 rings (SSSR count). The van der Waals surface area contributed by atoms with Gasteiger partial charge in [-0.15, -0.1) is 0 Å². The van der Waals surface area contributed by atoms with Crippen molar-refractivity contribution in [3.05, 3.63) is 72.7 Å². The zero-order valence-electron chi connectivity index (χ0n) is 18.5. The summed E-state index contributed by atoms with van der Waals surface area (Å²) in [5, 5.41) is 11.1. The maximum Gasteiger partial charge on any atom is 0.332 e. The first-order valence-corrected chi connectivity index (χ1v) is 10.8. The second-order valence-electron chi connectivity index (χ2n) is 8.11. The quantitative estimate of drug-likeness (QED) is 0.445. The van der Waals surface area contributed by atoms with E-state index in [2.05, 4.69) is 11.9 Å². The number of fused-ring (bicyclic) bond motifs is 3. The summed E-state index contributed by atoms with van der Waals surface area (Å²) in [5.74, 6) is -0.161. The summed E-state index contributed by atoms with van der Waals surface area (Å²) in [7, 11) is 2.89. The van der Waals surface area contributed by atoms with Crippen LogP contribution in [0.15, 0.2) is 44.7 Å². The van der Waals surface area contributed by atoms with Crippen molar-refractivity contribution in [2.75, 3.05) is 0 Å². The van der Waals surface area contributed by atoms with Gasteiger partial charge >= 0.3 is 5.69 Å². The molecule has 0 unspecified atom stereocenters. The van der Waals surface area contributed by atoms with E-state index in [9.17, 15) is 19.5 Å². The normalized spacial score (nSPS) is 11.6. The number of benzene rings is 1. The molecule has 3 aromatic heterocycles. The van der Waals surface area contributed by atoms with Crippen LogP contribution in [-0.2, 0) is 27.1 Å². The zero-order chi connectivity index (χ0) is 23.0. The summed E-state index contributed by atoms with van der Waals surface area (Å²) in [6.45, 7) is 2.33. The molecule has 0 saturated carbocycles. The monoisotopic (exact) mass is 437 g/mol. The first-order valence-electron chi connectivity index (χ1n) is 10.8. The smallest absolute Gasteiger partial charge is 0.332 e. The van der Waals surface area contributed by atoms with Crippen LogP contribution in [0.5, 0.6) is 5.88 Å². The molecule has 3 heterocycles. The molecular formula is C23H27N5O4. The SMILES string of the molecule is CCCCCCc1c(O)n2c3c(=O)n(C)c(=O)n(C)c3nc2n(Cc2ccccc2)c1=O. The highest BCUT2D eigenvalue weighted by molar-refractivity contribution is 5.76. The number of nitrogens with zero attached hydrogens (tertiary/aromatic N) is 5. The minimum Gasteiger partial charge on any atom is -0.494 e. The number of hydrogen-bond donors (Lipinski definition) is 1. The number of aromatic nitrogens is 5. The molecule has 0 aliphatic carbocycles. The Balaban J connectivity index is 2.06. The molecule has 168 valence electrons. The van der Waals surface area contributed by atoms with Crippen LogP contribution >= 0.6 is 0 Å². The third-order valence-electron chi connectivity index (χ3n) is 5.93. The van der Waals surface area contributed by atoms with Crippen molar-refractivity contribution in [2.45, 2.75) is 45.6 Å². The van der Waals surface area contributed by atoms with E-state index in [1.807, 2.05) is 30.3 Å². The fraction of sp³-hybridized carbons (Fsp3) is 0.391. The molecular weight excluding hydrogens is 410 g/mol. The van der Waals surface area contributed by atoms with Crippen molar-refractivity contribution >= 4 is 16.9 Å². The molecule has 32 heavy (non-hydrogen) atoms. The van der Waals surface area contributed by atoms with E-state index < -0.39 is 11.2 Å². The standard InChI is InChI=1S/C23H27N5O4/c1-4-5-6-10-13-16-19(29)27(14-15-11-8-7-9-12-15)22-24-18-17(28(22)20(16)30)21(31)26(3)23(32)25(18)2/h7-9,11-12,30H,4-6,10,13-14H2,1-3H3. The molecule has 0 radical (unpaired) electrons. The van der Waals surface area contributed by atoms with Gasteiger partial charge in [-0.3, -0.25) is 23.3 Å². The van der Waals surface area contributed by atoms with E-state index in [-0.39, 0.29) is 40.5 Å². The van der Waals surface area contributed by atoms with Gasteiger partial charge in [0, 0.05) is 14.1 Å². The van der Waals surface area contributed by atoms with Gasteiger partial charge in [0.05, 0.1) is 12.1 Å². The second-order valence-corrected chi connectivity index (χ2v) is 8.11. The molecule has 1 N–H and O–H groups in total. The van der Waals surface area contributed by atoms with E-state index in [0.717, 1.165) is 35.8 Å². The van der Waals surface area contributed by atoms with Crippen LogP contribution in [0.1, 0.15) is 43.7 Å². The van der Waals surface area contributed by atoms with Gasteiger partial charge < -0.3 is 5.11 Å². The van der Waals surface area contributed by atoms with Gasteiger partial charge in [-0.05, 0) is 18.4 Å². The van der Waals surface area contributed by atoms with Crippen molar-refractivity contribution in [1.82, 2.24) is 23.1 Å². The minimum atomic E-state index is -0.576. The van der Waals surface area contributed by atoms with Gasteiger partial charge in [-0.25, -0.2) is 9.20 Å². The Kier molecular flexibility index (Phi) is 5.73. The molecule has 0 saturated heterocycles. The van der Waals surface area contributed by atoms with Gasteiger partial charge in [0.15, 0.2) is 11.2 Å². The summed E-state index contributed by atoms with van der Waals surface area (Å²) in [5.41, 5.74) is -0.119. The van der Waals surface area contributed by atoms with Crippen LogP contribution < -0.4 is 16.8 Å². The summed E-state index contributed by atoms with van der Waals surface area (Å²) in [6, 6.07) is 9.44. The van der Waals surface area contributed by atoms with E-state index >= 15 is 0 Å². The fourth-order valence-electron chi connectivity index (χ4n) is 4.11. The third-order valence-corrected chi connectivity index (χ3v) is 5.93. The topological polar surface area (TPSA) is 104 Å². The lowest BCUT2D eigenvalue weighted by atomic mass is 10.1. The fourth-order valence-corrected chi connectivity index (χ4v) is 4.11. The van der Waals surface area contributed by atoms with Crippen LogP contribution in [0, 0.1) is 0 Å². The minimum absolute atomic E-state index is 0.0683. The maximum atomic E-state index is 13.5. The van der Waals surface area contributed by atoms with Gasteiger partial charge in [0.2, 0.25) is 11.7 Å². The van der Waals surface area contributed by atoms with Crippen LogP contribution in [0.25, 0.3) is 16.9 Å². The Morgan fingerprint density at radius 2 is 1.66 bits per heavy atom. The van der Waals surface area contributed by atoms with Crippen molar-refractivity contribution in [1.29, 1.82) is 0 Å². The molecule has 0 spiro atoms. The Bertz CT molecular complexity index is 1470. The molecule has 0 aliphatic heterocycles. The Hall–Kier alpha value is -3.62. The molecule has 0 bridgehead atoms. The van der Waals surface area contributed by atoms with Gasteiger partial charge in [-0.1, -0.05) is 56.5 Å². The van der Waals surface area contributed by atoms with Gasteiger partial charge in [-0.2, -0.15) is 4.98 Å². The molecule has 9 heteroatoms. The summed E-state index contributed by atoms with van der Waals surface area (Å²) < 4.78 is 5.01. The van der Waals surface area contributed by atoms with Gasteiger partial charge in [0.25, 0.3) is 11.1 Å². The van der Waals surface area contributed by atoms with Crippen LogP contribution in [0.4, 0.5) is 0 Å². The molecule has 0 fully saturated rings. The number of unbranched alkanes of at least 4 members (excludes halogenated alkanes) is 3. The molecule has 0 atom stereocenters. The highest BCUT2D eigenvalue weighted by Gasteiger charge is 2.24. The van der Waals surface area contributed by atoms with Crippen molar-refractivity contribution in [3.8, 4) is 5.88 Å². The molecule has 1 aromatic carbocycles. The third kappa shape index (κ3) is 3.43. The highest BCUT2D eigenvalue weighted by atomic mass is 16.3. The molecule has 4 aromatic rings. The largest absolute Gasteiger partial charge is 0.494 e. The van der Waals surface area contributed by atoms with Crippen LogP contribution in [0.2, 0.25) is 0 Å². The predicted octanol–water partition coefficient (Wildman–Crippen LogP) is 1.92. The average molecular weight is 438 g/mol. The van der Waals surface area contributed by atoms with Gasteiger partial charge in [0.1, 0.15) is 0 Å².